The maximum absolute atomic E-state index is 12.1. The summed E-state index contributed by atoms with van der Waals surface area (Å²) >= 11 is 6.10. The number of aryl methyl sites for hydroxylation is 1. The van der Waals surface area contributed by atoms with Gasteiger partial charge in [-0.15, -0.1) is 0 Å². The van der Waals surface area contributed by atoms with Crippen LogP contribution in [0.2, 0.25) is 5.02 Å². The standard InChI is InChI=1S/C23H30ClN5O3S/c1-17-5-10-21(27(3)33(4,31)32)15-25-22(16-28-11-13-29(14-12-28)18(2)30)23(26-17)19-6-8-20(24)9-7-19/h5-10,15,26H,11-14,16H2,1-4H3. The number of aromatic amines is 1. The van der Waals surface area contributed by atoms with Gasteiger partial charge in [-0.25, -0.2) is 8.42 Å². The van der Waals surface area contributed by atoms with Crippen LogP contribution in [0.15, 0.2) is 42.6 Å². The van der Waals surface area contributed by atoms with Crippen molar-refractivity contribution in [2.45, 2.75) is 20.4 Å². The number of hydrogen-bond donors (Lipinski definition) is 1. The molecule has 0 radical (unpaired) electrons. The van der Waals surface area contributed by atoms with Gasteiger partial charge in [0.15, 0.2) is 0 Å². The zero-order valence-electron chi connectivity index (χ0n) is 19.4. The van der Waals surface area contributed by atoms with E-state index in [-0.39, 0.29) is 5.91 Å². The molecule has 1 aromatic heterocycles. The Balaban J connectivity index is 2.10. The molecule has 0 saturated carbocycles. The first-order valence-electron chi connectivity index (χ1n) is 10.6. The highest BCUT2D eigenvalue weighted by Crippen LogP contribution is 2.24. The summed E-state index contributed by atoms with van der Waals surface area (Å²) in [5.41, 5.74) is 3.79. The molecule has 1 fully saturated rings. The zero-order chi connectivity index (χ0) is 24.2. The highest BCUT2D eigenvalue weighted by molar-refractivity contribution is 7.92. The fraction of sp³-hybridized carbons (Fsp3) is 0.391. The van der Waals surface area contributed by atoms with E-state index in [1.807, 2.05) is 42.2 Å². The summed E-state index contributed by atoms with van der Waals surface area (Å²) < 4.78 is 25.4. The van der Waals surface area contributed by atoms with Crippen molar-refractivity contribution in [1.82, 2.24) is 19.8 Å². The number of hydrogen-bond acceptors (Lipinski definition) is 5. The first-order valence-corrected chi connectivity index (χ1v) is 12.9. The third-order valence-electron chi connectivity index (χ3n) is 5.65. The number of carbonyl (C=O) groups excluding carboxylic acids is 1. The second kappa shape index (κ2) is 10.5. The van der Waals surface area contributed by atoms with Gasteiger partial charge in [-0.2, -0.15) is 0 Å². The summed E-state index contributed by atoms with van der Waals surface area (Å²) in [6.07, 6.45) is 2.74. The van der Waals surface area contributed by atoms with Crippen molar-refractivity contribution in [2.75, 3.05) is 43.8 Å². The molecule has 0 aliphatic carbocycles. The molecule has 33 heavy (non-hydrogen) atoms. The fourth-order valence-corrected chi connectivity index (χ4v) is 4.18. The first kappa shape index (κ1) is 25.0. The summed E-state index contributed by atoms with van der Waals surface area (Å²) in [6.45, 7) is 6.83. The number of nitrogens with one attached hydrogen (secondary N) is 1. The van der Waals surface area contributed by atoms with Crippen LogP contribution in [0.5, 0.6) is 0 Å². The van der Waals surface area contributed by atoms with Crippen molar-refractivity contribution in [3.63, 3.8) is 0 Å². The molecular formula is C23H30ClN5O3S. The Kier molecular flexibility index (Phi) is 7.99. The van der Waals surface area contributed by atoms with Gasteiger partial charge in [0.1, 0.15) is 0 Å². The van der Waals surface area contributed by atoms with Crippen LogP contribution in [0.3, 0.4) is 0 Å². The minimum absolute atomic E-state index is 0.0807. The SMILES string of the molecule is CC(=O)N1CCN(Cc2ncc(N(C)S(C)(=O)=O)ccc(C)[nH]c2-c2ccc(Cl)cc2)CC1. The molecule has 178 valence electrons. The Morgan fingerprint density at radius 3 is 2.33 bits per heavy atom. The number of anilines is 1. The third kappa shape index (κ3) is 6.69. The Morgan fingerprint density at radius 1 is 1.12 bits per heavy atom. The highest BCUT2D eigenvalue weighted by Gasteiger charge is 2.20. The van der Waals surface area contributed by atoms with Crippen molar-refractivity contribution in [3.8, 4) is 11.3 Å². The molecular weight excluding hydrogens is 462 g/mol. The van der Waals surface area contributed by atoms with Crippen molar-refractivity contribution in [1.29, 1.82) is 0 Å². The highest BCUT2D eigenvalue weighted by atomic mass is 35.5. The Hall–Kier alpha value is -2.62. The van der Waals surface area contributed by atoms with E-state index in [0.29, 0.717) is 30.3 Å². The largest absolute Gasteiger partial charge is 0.357 e. The van der Waals surface area contributed by atoms with Crippen molar-refractivity contribution >= 4 is 33.2 Å². The molecule has 1 aliphatic heterocycles. The van der Waals surface area contributed by atoms with Gasteiger partial charge in [0, 0.05) is 57.4 Å². The second-order valence-electron chi connectivity index (χ2n) is 8.17. The number of aromatic nitrogens is 2. The van der Waals surface area contributed by atoms with Crippen LogP contribution in [0.4, 0.5) is 5.69 Å². The fourth-order valence-electron chi connectivity index (χ4n) is 3.56. The van der Waals surface area contributed by atoms with Crippen LogP contribution in [0.1, 0.15) is 18.3 Å². The molecule has 10 heteroatoms. The lowest BCUT2D eigenvalue weighted by atomic mass is 10.1. The van der Waals surface area contributed by atoms with Gasteiger partial charge in [0.05, 0.1) is 29.5 Å². The number of carbonyl (C=O) groups is 1. The van der Waals surface area contributed by atoms with E-state index in [1.165, 1.54) is 11.4 Å². The number of sulfonamides is 1. The van der Waals surface area contributed by atoms with Gasteiger partial charge in [-0.05, 0) is 36.8 Å². The molecule has 8 nitrogen and oxygen atoms in total. The van der Waals surface area contributed by atoms with Gasteiger partial charge >= 0.3 is 0 Å². The van der Waals surface area contributed by atoms with E-state index >= 15 is 0 Å². The first-order chi connectivity index (χ1) is 15.5. The van der Waals surface area contributed by atoms with Crippen molar-refractivity contribution in [3.05, 3.63) is 59.0 Å². The predicted molar refractivity (Wildman–Crippen MR) is 132 cm³/mol. The minimum atomic E-state index is -3.44. The molecule has 1 saturated heterocycles. The molecule has 3 rings (SSSR count). The Labute approximate surface area is 200 Å². The number of halogens is 1. The lowest BCUT2D eigenvalue weighted by molar-refractivity contribution is -0.130. The number of benzene rings is 1. The molecule has 2 aromatic rings. The van der Waals surface area contributed by atoms with Crippen LogP contribution in [0.25, 0.3) is 11.3 Å². The van der Waals surface area contributed by atoms with E-state index in [1.54, 1.807) is 19.2 Å². The van der Waals surface area contributed by atoms with Crippen LogP contribution >= 0.6 is 11.6 Å². The number of H-pyrrole nitrogens is 1. The average molecular weight is 492 g/mol. The van der Waals surface area contributed by atoms with E-state index < -0.39 is 10.0 Å². The van der Waals surface area contributed by atoms with Gasteiger partial charge < -0.3 is 9.88 Å². The molecule has 1 aliphatic rings. The molecule has 1 amide bonds. The van der Waals surface area contributed by atoms with E-state index in [2.05, 4.69) is 9.88 Å². The summed E-state index contributed by atoms with van der Waals surface area (Å²) in [6, 6.07) is 11.1. The van der Waals surface area contributed by atoms with E-state index in [9.17, 15) is 13.2 Å². The maximum atomic E-state index is 12.1. The lowest BCUT2D eigenvalue weighted by Crippen LogP contribution is -2.47. The number of rotatable bonds is 5. The number of amides is 1. The number of piperazine rings is 1. The summed E-state index contributed by atoms with van der Waals surface area (Å²) in [5.74, 6) is 0.0807. The van der Waals surface area contributed by atoms with Gasteiger partial charge in [0.25, 0.3) is 0 Å². The normalized spacial score (nSPS) is 14.6. The molecule has 0 unspecified atom stereocenters. The Morgan fingerprint density at radius 2 is 1.76 bits per heavy atom. The van der Waals surface area contributed by atoms with Crippen molar-refractivity contribution < 1.29 is 13.2 Å². The Bertz CT molecular complexity index is 1160. The van der Waals surface area contributed by atoms with Crippen LogP contribution in [-0.2, 0) is 21.4 Å². The monoisotopic (exact) mass is 491 g/mol. The molecule has 1 N–H and O–H groups in total. The number of nitrogens with zero attached hydrogens (tertiary/aromatic N) is 4. The third-order valence-corrected chi connectivity index (χ3v) is 7.11. The molecule has 0 spiro atoms. The van der Waals surface area contributed by atoms with Gasteiger partial charge in [0.2, 0.25) is 15.9 Å². The predicted octanol–water partition coefficient (Wildman–Crippen LogP) is 3.22. The van der Waals surface area contributed by atoms with E-state index in [0.717, 1.165) is 42.0 Å². The van der Waals surface area contributed by atoms with E-state index in [4.69, 9.17) is 16.6 Å². The summed E-state index contributed by atoms with van der Waals surface area (Å²) in [5, 5.41) is 0.638. The lowest BCUT2D eigenvalue weighted by Gasteiger charge is -2.34. The summed E-state index contributed by atoms with van der Waals surface area (Å²) in [4.78, 5) is 24.0. The maximum Gasteiger partial charge on any atom is 0.232 e. The molecule has 0 bridgehead atoms. The van der Waals surface area contributed by atoms with Crippen LogP contribution in [-0.4, -0.2) is 73.6 Å². The topological polar surface area (TPSA) is 89.6 Å². The second-order valence-corrected chi connectivity index (χ2v) is 10.6. The van der Waals surface area contributed by atoms with Crippen molar-refractivity contribution in [2.24, 2.45) is 0 Å². The van der Waals surface area contributed by atoms with Gasteiger partial charge in [-0.1, -0.05) is 23.7 Å². The minimum Gasteiger partial charge on any atom is -0.357 e. The molecule has 1 aromatic carbocycles. The van der Waals surface area contributed by atoms with Crippen LogP contribution < -0.4 is 4.31 Å². The average Bonchev–Trinajstić information content (AvgIpc) is 2.83. The summed E-state index contributed by atoms with van der Waals surface area (Å²) in [7, 11) is -1.94. The molecule has 0 atom stereocenters. The quantitative estimate of drug-likeness (QED) is 0.693. The van der Waals surface area contributed by atoms with Crippen LogP contribution in [0, 0.1) is 6.92 Å². The smallest absolute Gasteiger partial charge is 0.232 e. The zero-order valence-corrected chi connectivity index (χ0v) is 20.9. The van der Waals surface area contributed by atoms with Gasteiger partial charge in [-0.3, -0.25) is 19.0 Å². The molecule has 2 heterocycles.